The summed E-state index contributed by atoms with van der Waals surface area (Å²) >= 11 is 11.8. The summed E-state index contributed by atoms with van der Waals surface area (Å²) in [7, 11) is 1.41. The highest BCUT2D eigenvalue weighted by atomic mass is 35.5. The number of urea groups is 1. The lowest BCUT2D eigenvalue weighted by Crippen LogP contribution is -2.50. The van der Waals surface area contributed by atoms with E-state index >= 15 is 0 Å². The largest absolute Gasteiger partial charge is 0.350 e. The molecule has 2 N–H and O–H groups in total. The number of rotatable bonds is 3. The van der Waals surface area contributed by atoms with E-state index in [0.717, 1.165) is 4.90 Å². The Balaban J connectivity index is 2.02. The fourth-order valence-electron chi connectivity index (χ4n) is 2.27. The van der Waals surface area contributed by atoms with Crippen LogP contribution in [0.25, 0.3) is 0 Å². The molecule has 22 heavy (non-hydrogen) atoms. The van der Waals surface area contributed by atoms with Crippen molar-refractivity contribution in [2.75, 3.05) is 7.05 Å². The number of carbonyl (C=O) groups is 3. The number of amides is 4. The average molecular weight is 344 g/mol. The van der Waals surface area contributed by atoms with Crippen LogP contribution >= 0.6 is 23.2 Å². The molecule has 0 aliphatic carbocycles. The first-order chi connectivity index (χ1) is 10.4. The molecule has 0 saturated carbocycles. The third-order valence-electron chi connectivity index (χ3n) is 3.42. The van der Waals surface area contributed by atoms with Gasteiger partial charge in [0.25, 0.3) is 0 Å². The van der Waals surface area contributed by atoms with Gasteiger partial charge in [-0.15, -0.1) is 0 Å². The van der Waals surface area contributed by atoms with Crippen molar-refractivity contribution in [2.24, 2.45) is 0 Å². The van der Waals surface area contributed by atoms with Gasteiger partial charge < -0.3 is 10.6 Å². The predicted octanol–water partition coefficient (Wildman–Crippen LogP) is 1.94. The zero-order valence-corrected chi connectivity index (χ0v) is 13.4. The zero-order chi connectivity index (χ0) is 16.3. The molecule has 6 nitrogen and oxygen atoms in total. The summed E-state index contributed by atoms with van der Waals surface area (Å²) in [6.45, 7) is 0.196. The molecule has 8 heteroatoms. The number of imide groups is 1. The van der Waals surface area contributed by atoms with Gasteiger partial charge in [-0.1, -0.05) is 29.3 Å². The minimum Gasteiger partial charge on any atom is -0.350 e. The van der Waals surface area contributed by atoms with E-state index in [-0.39, 0.29) is 24.8 Å². The van der Waals surface area contributed by atoms with Crippen LogP contribution in [-0.4, -0.2) is 35.8 Å². The Hall–Kier alpha value is -1.79. The van der Waals surface area contributed by atoms with E-state index in [1.165, 1.54) is 7.05 Å². The van der Waals surface area contributed by atoms with Gasteiger partial charge in [0.1, 0.15) is 6.04 Å². The fourth-order valence-corrected chi connectivity index (χ4v) is 2.75. The summed E-state index contributed by atoms with van der Waals surface area (Å²) in [5.41, 5.74) is 0.704. The third kappa shape index (κ3) is 3.51. The number of carbonyl (C=O) groups excluding carboxylic acids is 3. The molecule has 1 heterocycles. The van der Waals surface area contributed by atoms with E-state index in [0.29, 0.717) is 22.0 Å². The van der Waals surface area contributed by atoms with E-state index < -0.39 is 12.1 Å². The summed E-state index contributed by atoms with van der Waals surface area (Å²) in [5.74, 6) is -0.746. The molecule has 0 unspecified atom stereocenters. The van der Waals surface area contributed by atoms with Crippen LogP contribution in [0.2, 0.25) is 10.0 Å². The Morgan fingerprint density at radius 3 is 2.73 bits per heavy atom. The predicted molar refractivity (Wildman–Crippen MR) is 82.6 cm³/mol. The summed E-state index contributed by atoms with van der Waals surface area (Å²) in [6, 6.07) is 3.60. The van der Waals surface area contributed by atoms with E-state index in [1.807, 2.05) is 0 Å². The lowest BCUT2D eigenvalue weighted by Gasteiger charge is -2.21. The Labute approximate surface area is 137 Å². The number of likely N-dealkylation sites (tertiary alicyclic amines) is 1. The number of hydrogen-bond donors (Lipinski definition) is 2. The van der Waals surface area contributed by atoms with Crippen molar-refractivity contribution in [3.63, 3.8) is 0 Å². The number of benzene rings is 1. The van der Waals surface area contributed by atoms with E-state index in [2.05, 4.69) is 10.6 Å². The molecule has 1 aromatic carbocycles. The lowest BCUT2D eigenvalue weighted by atomic mass is 10.2. The van der Waals surface area contributed by atoms with E-state index in [1.54, 1.807) is 18.2 Å². The van der Waals surface area contributed by atoms with Crippen LogP contribution in [0.3, 0.4) is 0 Å². The maximum absolute atomic E-state index is 12.2. The molecule has 1 saturated heterocycles. The SMILES string of the molecule is CNC(=O)N1C(=O)CC[C@H]1C(=O)NCc1ccc(Cl)cc1Cl. The van der Waals surface area contributed by atoms with E-state index in [4.69, 9.17) is 23.2 Å². The molecule has 0 aromatic heterocycles. The molecule has 1 fully saturated rings. The van der Waals surface area contributed by atoms with Crippen molar-refractivity contribution in [1.82, 2.24) is 15.5 Å². The number of nitrogens with one attached hydrogen (secondary N) is 2. The molecular formula is C14H15Cl2N3O3. The molecule has 0 bridgehead atoms. The van der Waals surface area contributed by atoms with Gasteiger partial charge in [-0.05, 0) is 24.1 Å². The summed E-state index contributed by atoms with van der Waals surface area (Å²) in [4.78, 5) is 36.6. The van der Waals surface area contributed by atoms with Crippen molar-refractivity contribution in [1.29, 1.82) is 0 Å². The Morgan fingerprint density at radius 2 is 2.09 bits per heavy atom. The normalized spacial score (nSPS) is 17.5. The lowest BCUT2D eigenvalue weighted by molar-refractivity contribution is -0.132. The second kappa shape index (κ2) is 6.98. The second-order valence-electron chi connectivity index (χ2n) is 4.83. The quantitative estimate of drug-likeness (QED) is 0.880. The Kier molecular flexibility index (Phi) is 5.26. The molecule has 1 aromatic rings. The van der Waals surface area contributed by atoms with Gasteiger partial charge in [0, 0.05) is 30.1 Å². The smallest absolute Gasteiger partial charge is 0.324 e. The summed E-state index contributed by atoms with van der Waals surface area (Å²) < 4.78 is 0. The van der Waals surface area contributed by atoms with Gasteiger partial charge in [0.15, 0.2) is 0 Å². The van der Waals surface area contributed by atoms with Crippen LogP contribution in [0.4, 0.5) is 4.79 Å². The first-order valence-electron chi connectivity index (χ1n) is 6.69. The highest BCUT2D eigenvalue weighted by Crippen LogP contribution is 2.22. The average Bonchev–Trinajstić information content (AvgIpc) is 2.87. The molecular weight excluding hydrogens is 329 g/mol. The monoisotopic (exact) mass is 343 g/mol. The molecule has 1 aliphatic rings. The fraction of sp³-hybridized carbons (Fsp3) is 0.357. The van der Waals surface area contributed by atoms with Gasteiger partial charge in [-0.25, -0.2) is 4.79 Å². The van der Waals surface area contributed by atoms with Crippen molar-refractivity contribution < 1.29 is 14.4 Å². The minimum absolute atomic E-state index is 0.174. The van der Waals surface area contributed by atoms with Crippen molar-refractivity contribution in [3.8, 4) is 0 Å². The first kappa shape index (κ1) is 16.6. The second-order valence-corrected chi connectivity index (χ2v) is 5.67. The van der Waals surface area contributed by atoms with Crippen molar-refractivity contribution in [3.05, 3.63) is 33.8 Å². The summed E-state index contributed by atoms with van der Waals surface area (Å²) in [6.07, 6.45) is 0.486. The topological polar surface area (TPSA) is 78.5 Å². The van der Waals surface area contributed by atoms with Crippen molar-refractivity contribution >= 4 is 41.0 Å². The molecule has 4 amide bonds. The molecule has 0 spiro atoms. The summed E-state index contributed by atoms with van der Waals surface area (Å²) in [5, 5.41) is 6.00. The van der Waals surface area contributed by atoms with Gasteiger partial charge >= 0.3 is 6.03 Å². The maximum atomic E-state index is 12.2. The highest BCUT2D eigenvalue weighted by molar-refractivity contribution is 6.35. The molecule has 118 valence electrons. The van der Waals surface area contributed by atoms with Gasteiger partial charge in [0.05, 0.1) is 0 Å². The molecule has 1 aliphatic heterocycles. The van der Waals surface area contributed by atoms with Gasteiger partial charge in [0.2, 0.25) is 11.8 Å². The molecule has 0 radical (unpaired) electrons. The van der Waals surface area contributed by atoms with Gasteiger partial charge in [-0.3, -0.25) is 14.5 Å². The molecule has 2 rings (SSSR count). The van der Waals surface area contributed by atoms with Crippen molar-refractivity contribution in [2.45, 2.75) is 25.4 Å². The Bertz CT molecular complexity index is 621. The highest BCUT2D eigenvalue weighted by Gasteiger charge is 2.39. The third-order valence-corrected chi connectivity index (χ3v) is 4.00. The van der Waals surface area contributed by atoms with Crippen LogP contribution in [-0.2, 0) is 16.1 Å². The molecule has 1 atom stereocenters. The van der Waals surface area contributed by atoms with Crippen LogP contribution in [0.5, 0.6) is 0 Å². The van der Waals surface area contributed by atoms with Gasteiger partial charge in [-0.2, -0.15) is 0 Å². The van der Waals surface area contributed by atoms with Crippen LogP contribution in [0.1, 0.15) is 18.4 Å². The van der Waals surface area contributed by atoms with E-state index in [9.17, 15) is 14.4 Å². The minimum atomic E-state index is -0.793. The standard InChI is InChI=1S/C14H15Cl2N3O3/c1-17-14(22)19-11(4-5-12(19)20)13(21)18-7-8-2-3-9(15)6-10(8)16/h2-3,6,11H,4-5,7H2,1H3,(H,17,22)(H,18,21)/t11-/m0/s1. The van der Waals surface area contributed by atoms with Crippen LogP contribution in [0.15, 0.2) is 18.2 Å². The maximum Gasteiger partial charge on any atom is 0.324 e. The Morgan fingerprint density at radius 1 is 1.36 bits per heavy atom. The van der Waals surface area contributed by atoms with Crippen LogP contribution < -0.4 is 10.6 Å². The number of halogens is 2. The number of nitrogens with zero attached hydrogens (tertiary/aromatic N) is 1. The number of hydrogen-bond acceptors (Lipinski definition) is 3. The zero-order valence-electron chi connectivity index (χ0n) is 11.9. The van der Waals surface area contributed by atoms with Crippen LogP contribution in [0, 0.1) is 0 Å². The first-order valence-corrected chi connectivity index (χ1v) is 7.45.